The molecule has 0 radical (unpaired) electrons. The van der Waals surface area contributed by atoms with Crippen molar-refractivity contribution in [3.05, 3.63) is 58.3 Å². The Hall–Kier alpha value is -1.68. The van der Waals surface area contributed by atoms with Gasteiger partial charge in [0.2, 0.25) is 0 Å². The number of carbonyl (C=O) groups is 1. The summed E-state index contributed by atoms with van der Waals surface area (Å²) in [6.45, 7) is 2.07. The van der Waals surface area contributed by atoms with Crippen LogP contribution in [0.4, 0.5) is 5.69 Å². The van der Waals surface area contributed by atoms with Crippen molar-refractivity contribution >= 4 is 27.5 Å². The van der Waals surface area contributed by atoms with Crippen LogP contribution < -0.4 is 4.90 Å². The Kier molecular flexibility index (Phi) is 3.11. The van der Waals surface area contributed by atoms with Crippen LogP contribution >= 0.6 is 15.9 Å². The number of hydrogen-bond donors (Lipinski definition) is 0. The molecule has 1 aromatic carbocycles. The maximum atomic E-state index is 12.6. The number of anilines is 1. The van der Waals surface area contributed by atoms with E-state index in [0.29, 0.717) is 5.69 Å². The van der Waals surface area contributed by atoms with Gasteiger partial charge in [0, 0.05) is 22.4 Å². The molecule has 0 bridgehead atoms. The molecule has 3 rings (SSSR count). The molecule has 1 aliphatic rings. The van der Waals surface area contributed by atoms with Crippen LogP contribution in [-0.2, 0) is 6.42 Å². The van der Waals surface area contributed by atoms with Crippen LogP contribution in [0.15, 0.2) is 47.1 Å². The number of hydrogen-bond acceptors (Lipinski definition) is 2. The molecule has 0 saturated heterocycles. The Morgan fingerprint density at radius 2 is 2.11 bits per heavy atom. The molecule has 19 heavy (non-hydrogen) atoms. The van der Waals surface area contributed by atoms with Gasteiger partial charge < -0.3 is 4.90 Å². The molecule has 2 heterocycles. The summed E-state index contributed by atoms with van der Waals surface area (Å²) >= 11 is 3.33. The molecular formula is C15H13BrN2O. The molecule has 0 saturated carbocycles. The van der Waals surface area contributed by atoms with E-state index in [1.807, 2.05) is 29.2 Å². The molecule has 3 nitrogen and oxygen atoms in total. The third-order valence-corrected chi connectivity index (χ3v) is 3.84. The van der Waals surface area contributed by atoms with Crippen LogP contribution in [0.25, 0.3) is 0 Å². The first kappa shape index (κ1) is 12.4. The summed E-state index contributed by atoms with van der Waals surface area (Å²) in [4.78, 5) is 18.6. The SMILES string of the molecule is CC1Cc2ccccc2N1C(=O)c1ccc(Br)cn1. The predicted molar refractivity (Wildman–Crippen MR) is 78.4 cm³/mol. The molecule has 0 N–H and O–H groups in total. The molecule has 1 amide bonds. The first-order valence-electron chi connectivity index (χ1n) is 6.20. The van der Waals surface area contributed by atoms with Crippen molar-refractivity contribution in [1.82, 2.24) is 4.98 Å². The average molecular weight is 317 g/mol. The zero-order valence-corrected chi connectivity index (χ0v) is 12.1. The van der Waals surface area contributed by atoms with Gasteiger partial charge in [-0.25, -0.2) is 4.98 Å². The minimum absolute atomic E-state index is 0.0371. The van der Waals surface area contributed by atoms with E-state index in [1.54, 1.807) is 12.3 Å². The molecule has 1 aliphatic heterocycles. The van der Waals surface area contributed by atoms with Gasteiger partial charge in [-0.3, -0.25) is 4.79 Å². The molecule has 1 atom stereocenters. The quantitative estimate of drug-likeness (QED) is 0.807. The molecule has 0 spiro atoms. The Balaban J connectivity index is 1.98. The van der Waals surface area contributed by atoms with Gasteiger partial charge in [-0.05, 0) is 53.0 Å². The van der Waals surface area contributed by atoms with Crippen molar-refractivity contribution in [3.8, 4) is 0 Å². The number of carbonyl (C=O) groups excluding carboxylic acids is 1. The summed E-state index contributed by atoms with van der Waals surface area (Å²) in [6, 6.07) is 11.8. The van der Waals surface area contributed by atoms with Crippen LogP contribution in [0.3, 0.4) is 0 Å². The molecule has 0 fully saturated rings. The second kappa shape index (κ2) is 4.78. The van der Waals surface area contributed by atoms with Crippen LogP contribution in [0, 0.1) is 0 Å². The monoisotopic (exact) mass is 316 g/mol. The summed E-state index contributed by atoms with van der Waals surface area (Å²) in [6.07, 6.45) is 2.55. The number of nitrogens with zero attached hydrogens (tertiary/aromatic N) is 2. The topological polar surface area (TPSA) is 33.2 Å². The van der Waals surface area contributed by atoms with Gasteiger partial charge in [0.25, 0.3) is 5.91 Å². The lowest BCUT2D eigenvalue weighted by Gasteiger charge is -2.22. The number of amides is 1. The lowest BCUT2D eigenvalue weighted by atomic mass is 10.1. The minimum Gasteiger partial charge on any atom is -0.304 e. The van der Waals surface area contributed by atoms with Crippen molar-refractivity contribution in [2.24, 2.45) is 0 Å². The first-order chi connectivity index (χ1) is 9.16. The molecular weight excluding hydrogens is 304 g/mol. The Labute approximate surface area is 120 Å². The van der Waals surface area contributed by atoms with E-state index in [2.05, 4.69) is 33.9 Å². The van der Waals surface area contributed by atoms with E-state index in [1.165, 1.54) is 5.56 Å². The van der Waals surface area contributed by atoms with E-state index < -0.39 is 0 Å². The highest BCUT2D eigenvalue weighted by molar-refractivity contribution is 9.10. The third-order valence-electron chi connectivity index (χ3n) is 3.37. The van der Waals surface area contributed by atoms with Crippen LogP contribution in [0.5, 0.6) is 0 Å². The number of rotatable bonds is 1. The fourth-order valence-electron chi connectivity index (χ4n) is 2.50. The number of fused-ring (bicyclic) bond motifs is 1. The van der Waals surface area contributed by atoms with Gasteiger partial charge in [0.15, 0.2) is 0 Å². The maximum absolute atomic E-state index is 12.6. The van der Waals surface area contributed by atoms with Gasteiger partial charge in [0.05, 0.1) is 0 Å². The van der Waals surface area contributed by atoms with Gasteiger partial charge in [-0.15, -0.1) is 0 Å². The third kappa shape index (κ3) is 2.16. The maximum Gasteiger partial charge on any atom is 0.277 e. The number of benzene rings is 1. The highest BCUT2D eigenvalue weighted by Crippen LogP contribution is 2.32. The van der Waals surface area contributed by atoms with Crippen LogP contribution in [0.1, 0.15) is 23.0 Å². The zero-order valence-electron chi connectivity index (χ0n) is 10.5. The van der Waals surface area contributed by atoms with Crippen molar-refractivity contribution in [1.29, 1.82) is 0 Å². The number of aromatic nitrogens is 1. The second-order valence-electron chi connectivity index (χ2n) is 4.72. The molecule has 2 aromatic rings. The number of halogens is 1. The average Bonchev–Trinajstić information content (AvgIpc) is 2.74. The van der Waals surface area contributed by atoms with E-state index >= 15 is 0 Å². The fourth-order valence-corrected chi connectivity index (χ4v) is 2.74. The van der Waals surface area contributed by atoms with Crippen molar-refractivity contribution in [3.63, 3.8) is 0 Å². The number of para-hydroxylation sites is 1. The largest absolute Gasteiger partial charge is 0.304 e. The second-order valence-corrected chi connectivity index (χ2v) is 5.63. The Morgan fingerprint density at radius 1 is 1.32 bits per heavy atom. The molecule has 0 aliphatic carbocycles. The summed E-state index contributed by atoms with van der Waals surface area (Å²) in [5.41, 5.74) is 2.71. The van der Waals surface area contributed by atoms with E-state index in [4.69, 9.17) is 0 Å². The highest BCUT2D eigenvalue weighted by Gasteiger charge is 2.31. The van der Waals surface area contributed by atoms with E-state index in [0.717, 1.165) is 16.6 Å². The summed E-state index contributed by atoms with van der Waals surface area (Å²) in [5.74, 6) is -0.0371. The normalized spacial score (nSPS) is 17.4. The van der Waals surface area contributed by atoms with Gasteiger partial charge in [-0.1, -0.05) is 18.2 Å². The Bertz CT molecular complexity index is 624. The smallest absolute Gasteiger partial charge is 0.277 e. The van der Waals surface area contributed by atoms with Crippen molar-refractivity contribution < 1.29 is 4.79 Å². The summed E-state index contributed by atoms with van der Waals surface area (Å²) in [5, 5.41) is 0. The number of pyridine rings is 1. The predicted octanol–water partition coefficient (Wildman–Crippen LogP) is 3.44. The van der Waals surface area contributed by atoms with E-state index in [9.17, 15) is 4.79 Å². The molecule has 4 heteroatoms. The molecule has 1 unspecified atom stereocenters. The van der Waals surface area contributed by atoms with Crippen LogP contribution in [-0.4, -0.2) is 16.9 Å². The minimum atomic E-state index is -0.0371. The van der Waals surface area contributed by atoms with Gasteiger partial charge >= 0.3 is 0 Å². The lowest BCUT2D eigenvalue weighted by molar-refractivity contribution is 0.0976. The summed E-state index contributed by atoms with van der Waals surface area (Å²) in [7, 11) is 0. The van der Waals surface area contributed by atoms with Gasteiger partial charge in [-0.2, -0.15) is 0 Å². The lowest BCUT2D eigenvalue weighted by Crippen LogP contribution is -2.36. The Morgan fingerprint density at radius 3 is 2.84 bits per heavy atom. The summed E-state index contributed by atoms with van der Waals surface area (Å²) < 4.78 is 0.874. The highest BCUT2D eigenvalue weighted by atomic mass is 79.9. The standard InChI is InChI=1S/C15H13BrN2O/c1-10-8-11-4-2-3-5-14(11)18(10)15(19)13-7-6-12(16)9-17-13/h2-7,9-10H,8H2,1H3. The molecule has 96 valence electrons. The van der Waals surface area contributed by atoms with Crippen molar-refractivity contribution in [2.75, 3.05) is 4.90 Å². The van der Waals surface area contributed by atoms with Crippen molar-refractivity contribution in [2.45, 2.75) is 19.4 Å². The molecule has 1 aromatic heterocycles. The first-order valence-corrected chi connectivity index (χ1v) is 6.99. The van der Waals surface area contributed by atoms with Gasteiger partial charge in [0.1, 0.15) is 5.69 Å². The van der Waals surface area contributed by atoms with Crippen LogP contribution in [0.2, 0.25) is 0 Å². The zero-order chi connectivity index (χ0) is 13.4. The fraction of sp³-hybridized carbons (Fsp3) is 0.200. The van der Waals surface area contributed by atoms with E-state index in [-0.39, 0.29) is 11.9 Å².